The van der Waals surface area contributed by atoms with E-state index in [4.69, 9.17) is 16.3 Å². The van der Waals surface area contributed by atoms with Crippen molar-refractivity contribution in [2.24, 2.45) is 5.92 Å². The molecule has 2 bridgehead atoms. The molecule has 0 aromatic heterocycles. The third-order valence-electron chi connectivity index (χ3n) is 6.50. The molecule has 3 N–H and O–H groups in total. The topological polar surface area (TPSA) is 88.7 Å². The molecule has 4 fully saturated rings. The van der Waals surface area contributed by atoms with Crippen LogP contribution < -0.4 is 20.7 Å². The molecule has 5 rings (SSSR count). The monoisotopic (exact) mass is 475 g/mol. The number of hydrogen-bond donors (Lipinski definition) is 3. The van der Waals surface area contributed by atoms with Gasteiger partial charge >= 0.3 is 6.61 Å². The number of alkyl halides is 2. The summed E-state index contributed by atoms with van der Waals surface area (Å²) in [6, 6.07) is 3.96. The summed E-state index contributed by atoms with van der Waals surface area (Å²) in [6.45, 7) is -2.81. The van der Waals surface area contributed by atoms with E-state index < -0.39 is 18.7 Å². The molecule has 2 atom stereocenters. The van der Waals surface area contributed by atoms with Gasteiger partial charge in [0.1, 0.15) is 17.8 Å². The second-order valence-electron chi connectivity index (χ2n) is 8.88. The molecule has 1 aliphatic heterocycles. The standard InChI is InChI=1S/C21H25ClF3N3O4/c22-14-3-2-13(7-15(14)23)31-9-16(29)27-20-5-6-21(10-20,11-20)28-18(30)12-1-4-17(26-8-12)32-19(24)25/h2-3,7,12,17,19,26H,1,4-6,8-11H2,(H,27,29)(H,28,30). The van der Waals surface area contributed by atoms with Gasteiger partial charge in [-0.2, -0.15) is 8.78 Å². The highest BCUT2D eigenvalue weighted by atomic mass is 35.5. The molecular formula is C21H25ClF3N3O4. The largest absolute Gasteiger partial charge is 0.484 e. The SMILES string of the molecule is O=C(COc1ccc(Cl)c(F)c1)NC12CCC(NC(=O)C3CCC(OC(F)F)NC3)(C1)C2. The average molecular weight is 476 g/mol. The Hall–Kier alpha value is -2.04. The van der Waals surface area contributed by atoms with Crippen molar-refractivity contribution in [3.63, 3.8) is 0 Å². The van der Waals surface area contributed by atoms with Crippen LogP contribution in [0.3, 0.4) is 0 Å². The van der Waals surface area contributed by atoms with Gasteiger partial charge in [0, 0.05) is 23.7 Å². The van der Waals surface area contributed by atoms with E-state index in [1.165, 1.54) is 12.1 Å². The normalized spacial score (nSPS) is 31.2. The molecule has 7 nitrogen and oxygen atoms in total. The number of piperidine rings is 1. The van der Waals surface area contributed by atoms with Gasteiger partial charge in [0.25, 0.3) is 5.91 Å². The maximum absolute atomic E-state index is 13.5. The van der Waals surface area contributed by atoms with E-state index in [-0.39, 0.29) is 52.7 Å². The number of fused-ring (bicyclic) bond motifs is 1. The first-order chi connectivity index (χ1) is 15.2. The van der Waals surface area contributed by atoms with Crippen LogP contribution in [0, 0.1) is 11.7 Å². The zero-order chi connectivity index (χ0) is 22.9. The molecule has 176 valence electrons. The summed E-state index contributed by atoms with van der Waals surface area (Å²) in [4.78, 5) is 25.0. The molecule has 1 aromatic rings. The van der Waals surface area contributed by atoms with Crippen LogP contribution in [-0.2, 0) is 14.3 Å². The van der Waals surface area contributed by atoms with Crippen molar-refractivity contribution in [3.05, 3.63) is 29.0 Å². The van der Waals surface area contributed by atoms with E-state index in [0.717, 1.165) is 18.9 Å². The average Bonchev–Trinajstić information content (AvgIpc) is 3.23. The molecule has 2 amide bonds. The highest BCUT2D eigenvalue weighted by Gasteiger charge is 2.62. The van der Waals surface area contributed by atoms with Gasteiger partial charge in [-0.15, -0.1) is 0 Å². The first kappa shape index (κ1) is 23.1. The molecule has 3 saturated carbocycles. The first-order valence-electron chi connectivity index (χ1n) is 10.6. The molecule has 11 heteroatoms. The van der Waals surface area contributed by atoms with Crippen LogP contribution in [0.2, 0.25) is 5.02 Å². The van der Waals surface area contributed by atoms with E-state index in [9.17, 15) is 22.8 Å². The lowest BCUT2D eigenvalue weighted by Crippen LogP contribution is -2.65. The molecule has 4 aliphatic rings. The van der Waals surface area contributed by atoms with Crippen molar-refractivity contribution in [2.45, 2.75) is 62.4 Å². The predicted molar refractivity (Wildman–Crippen MR) is 109 cm³/mol. The van der Waals surface area contributed by atoms with Gasteiger partial charge in [-0.25, -0.2) is 4.39 Å². The number of rotatable bonds is 8. The zero-order valence-electron chi connectivity index (χ0n) is 17.3. The fourth-order valence-electron chi connectivity index (χ4n) is 5.08. The Bertz CT molecular complexity index is 874. The summed E-state index contributed by atoms with van der Waals surface area (Å²) >= 11 is 5.63. The fourth-order valence-corrected chi connectivity index (χ4v) is 5.20. The Balaban J connectivity index is 1.20. The maximum atomic E-state index is 13.5. The van der Waals surface area contributed by atoms with Crippen molar-refractivity contribution in [2.75, 3.05) is 13.2 Å². The highest BCUT2D eigenvalue weighted by Crippen LogP contribution is 2.55. The van der Waals surface area contributed by atoms with Gasteiger partial charge in [-0.05, 0) is 50.7 Å². The minimum absolute atomic E-state index is 0.0233. The Morgan fingerprint density at radius 1 is 1.19 bits per heavy atom. The van der Waals surface area contributed by atoms with Crippen LogP contribution in [0.4, 0.5) is 13.2 Å². The second kappa shape index (κ2) is 9.07. The van der Waals surface area contributed by atoms with Gasteiger partial charge in [0.05, 0.1) is 10.9 Å². The minimum Gasteiger partial charge on any atom is -0.484 e. The summed E-state index contributed by atoms with van der Waals surface area (Å²) in [5, 5.41) is 8.90. The van der Waals surface area contributed by atoms with Crippen molar-refractivity contribution >= 4 is 23.4 Å². The number of nitrogens with one attached hydrogen (secondary N) is 3. The minimum atomic E-state index is -2.84. The molecular weight excluding hydrogens is 451 g/mol. The molecule has 0 spiro atoms. The summed E-state index contributed by atoms with van der Waals surface area (Å²) in [5.74, 6) is -1.14. The maximum Gasteiger partial charge on any atom is 0.346 e. The highest BCUT2D eigenvalue weighted by molar-refractivity contribution is 6.30. The lowest BCUT2D eigenvalue weighted by atomic mass is 9.70. The van der Waals surface area contributed by atoms with Crippen molar-refractivity contribution in [1.82, 2.24) is 16.0 Å². The first-order valence-corrected chi connectivity index (χ1v) is 10.9. The van der Waals surface area contributed by atoms with Crippen molar-refractivity contribution < 1.29 is 32.2 Å². The smallest absolute Gasteiger partial charge is 0.346 e. The lowest BCUT2D eigenvalue weighted by molar-refractivity contribution is -0.178. The molecule has 2 unspecified atom stereocenters. The van der Waals surface area contributed by atoms with Crippen LogP contribution in [0.25, 0.3) is 0 Å². The quantitative estimate of drug-likeness (QED) is 0.538. The number of carbonyl (C=O) groups is 2. The van der Waals surface area contributed by atoms with Crippen LogP contribution >= 0.6 is 11.6 Å². The van der Waals surface area contributed by atoms with Gasteiger partial charge in [0.15, 0.2) is 6.61 Å². The Labute approximate surface area is 188 Å². The lowest BCUT2D eigenvalue weighted by Gasteiger charge is -2.48. The summed E-state index contributed by atoms with van der Waals surface area (Å²) < 4.78 is 47.8. The van der Waals surface area contributed by atoms with E-state index in [1.54, 1.807) is 0 Å². The van der Waals surface area contributed by atoms with E-state index >= 15 is 0 Å². The summed E-state index contributed by atoms with van der Waals surface area (Å²) in [6.07, 6.45) is 2.82. The van der Waals surface area contributed by atoms with Crippen LogP contribution in [0.15, 0.2) is 18.2 Å². The number of benzene rings is 1. The van der Waals surface area contributed by atoms with Gasteiger partial charge in [0.2, 0.25) is 5.91 Å². The van der Waals surface area contributed by atoms with Gasteiger partial charge < -0.3 is 20.1 Å². The molecule has 3 aliphatic carbocycles. The molecule has 0 radical (unpaired) electrons. The van der Waals surface area contributed by atoms with E-state index in [0.29, 0.717) is 25.7 Å². The van der Waals surface area contributed by atoms with Crippen LogP contribution in [0.1, 0.15) is 38.5 Å². The van der Waals surface area contributed by atoms with E-state index in [1.807, 2.05) is 0 Å². The van der Waals surface area contributed by atoms with Gasteiger partial charge in [-0.1, -0.05) is 11.6 Å². The number of halogens is 4. The van der Waals surface area contributed by atoms with Crippen molar-refractivity contribution in [3.8, 4) is 5.75 Å². The molecule has 1 heterocycles. The van der Waals surface area contributed by atoms with E-state index in [2.05, 4.69) is 20.7 Å². The Kier molecular flexibility index (Phi) is 6.56. The summed E-state index contributed by atoms with van der Waals surface area (Å²) in [5.41, 5.74) is -0.721. The molecule has 32 heavy (non-hydrogen) atoms. The zero-order valence-corrected chi connectivity index (χ0v) is 18.0. The number of amides is 2. The second-order valence-corrected chi connectivity index (χ2v) is 9.29. The number of ether oxygens (including phenoxy) is 2. The third kappa shape index (κ3) is 5.13. The fraction of sp³-hybridized carbons (Fsp3) is 0.619. The Morgan fingerprint density at radius 3 is 2.53 bits per heavy atom. The Morgan fingerprint density at radius 2 is 1.91 bits per heavy atom. The van der Waals surface area contributed by atoms with Crippen LogP contribution in [0.5, 0.6) is 5.75 Å². The number of carbonyl (C=O) groups excluding carboxylic acids is 2. The molecule has 1 aromatic carbocycles. The van der Waals surface area contributed by atoms with Gasteiger partial charge in [-0.3, -0.25) is 14.9 Å². The summed E-state index contributed by atoms with van der Waals surface area (Å²) in [7, 11) is 0. The predicted octanol–water partition coefficient (Wildman–Crippen LogP) is 2.72. The third-order valence-corrected chi connectivity index (χ3v) is 6.80. The van der Waals surface area contributed by atoms with Crippen molar-refractivity contribution in [1.29, 1.82) is 0 Å². The number of hydrogen-bond acceptors (Lipinski definition) is 5. The molecule has 1 saturated heterocycles. The van der Waals surface area contributed by atoms with Crippen LogP contribution in [-0.4, -0.2) is 48.9 Å².